The van der Waals surface area contributed by atoms with Gasteiger partial charge < -0.3 is 14.9 Å². The van der Waals surface area contributed by atoms with Crippen LogP contribution >= 0.6 is 0 Å². The van der Waals surface area contributed by atoms with Gasteiger partial charge in [-0.3, -0.25) is 10.1 Å². The molecule has 0 fully saturated rings. The Morgan fingerprint density at radius 1 is 1.31 bits per heavy atom. The molecule has 0 saturated heterocycles. The number of Topliss-reactive ketones (excluding diaryl/α,β-unsaturated/α-hetero) is 1. The summed E-state index contributed by atoms with van der Waals surface area (Å²) in [7, 11) is 1.29. The fourth-order valence-electron chi connectivity index (χ4n) is 2.30. The van der Waals surface area contributed by atoms with Crippen LogP contribution in [0.5, 0.6) is 0 Å². The smallest absolute Gasteiger partial charge is 0.410 e. The van der Waals surface area contributed by atoms with E-state index in [0.29, 0.717) is 18.6 Å². The normalized spacial score (nSPS) is 13.6. The number of ketones is 1. The molecule has 2 unspecified atom stereocenters. The standard InChI is InChI=1S/C19H28N2O5/c1-11(2)13(4)17(22)16-14(20)10-15(26-18(16)23)12(3)8-6-7-9-21-19(24)25-5/h7,9-13H,6,8,20H2,1-5H3,(H,21,24)/b9-7+. The molecule has 0 aliphatic heterocycles. The lowest BCUT2D eigenvalue weighted by Crippen LogP contribution is -2.25. The van der Waals surface area contributed by atoms with Crippen LogP contribution < -0.4 is 16.7 Å². The number of methoxy groups -OCH3 is 1. The number of rotatable bonds is 8. The zero-order valence-electron chi connectivity index (χ0n) is 16.0. The van der Waals surface area contributed by atoms with Gasteiger partial charge in [-0.1, -0.05) is 33.8 Å². The molecule has 144 valence electrons. The van der Waals surface area contributed by atoms with Gasteiger partial charge in [-0.15, -0.1) is 0 Å². The molecule has 1 aromatic rings. The highest BCUT2D eigenvalue weighted by atomic mass is 16.5. The molecule has 0 radical (unpaired) electrons. The van der Waals surface area contributed by atoms with Crippen LogP contribution in [-0.4, -0.2) is 19.0 Å². The second-order valence-corrected chi connectivity index (χ2v) is 6.68. The minimum absolute atomic E-state index is 0.0654. The number of alkyl carbamates (subject to hydrolysis) is 1. The van der Waals surface area contributed by atoms with Crippen molar-refractivity contribution >= 4 is 17.6 Å². The summed E-state index contributed by atoms with van der Waals surface area (Å²) in [5.74, 6) is -0.126. The first-order valence-electron chi connectivity index (χ1n) is 8.66. The second kappa shape index (κ2) is 9.79. The van der Waals surface area contributed by atoms with Crippen molar-refractivity contribution < 1.29 is 18.7 Å². The third-order valence-corrected chi connectivity index (χ3v) is 4.42. The lowest BCUT2D eigenvalue weighted by molar-refractivity contribution is 0.0896. The summed E-state index contributed by atoms with van der Waals surface area (Å²) < 4.78 is 9.79. The average molecular weight is 364 g/mol. The number of nitrogens with two attached hydrogens (primary N) is 1. The Kier molecular flexibility index (Phi) is 8.09. The third-order valence-electron chi connectivity index (χ3n) is 4.42. The molecule has 2 atom stereocenters. The Balaban J connectivity index is 2.82. The highest BCUT2D eigenvalue weighted by Gasteiger charge is 2.25. The number of carbonyl (C=O) groups is 2. The maximum atomic E-state index is 12.4. The van der Waals surface area contributed by atoms with Gasteiger partial charge in [0.1, 0.15) is 11.3 Å². The summed E-state index contributed by atoms with van der Waals surface area (Å²) in [5.41, 5.74) is 5.37. The summed E-state index contributed by atoms with van der Waals surface area (Å²) >= 11 is 0. The van der Waals surface area contributed by atoms with E-state index in [2.05, 4.69) is 10.1 Å². The highest BCUT2D eigenvalue weighted by molar-refractivity contribution is 6.01. The summed E-state index contributed by atoms with van der Waals surface area (Å²) in [4.78, 5) is 35.6. The number of nitrogen functional groups attached to an aromatic ring is 1. The molecule has 0 aliphatic rings. The largest absolute Gasteiger partial charge is 0.453 e. The van der Waals surface area contributed by atoms with Crippen LogP contribution in [0.2, 0.25) is 0 Å². The predicted octanol–water partition coefficient (Wildman–Crippen LogP) is 3.45. The van der Waals surface area contributed by atoms with Crippen LogP contribution in [0.4, 0.5) is 10.5 Å². The quantitative estimate of drug-likeness (QED) is 0.683. The molecule has 0 aromatic carbocycles. The summed E-state index contributed by atoms with van der Waals surface area (Å²) in [6.07, 6.45) is 4.07. The number of ether oxygens (including phenoxy) is 1. The van der Waals surface area contributed by atoms with Crippen molar-refractivity contribution in [1.29, 1.82) is 0 Å². The van der Waals surface area contributed by atoms with Crippen molar-refractivity contribution in [2.45, 2.75) is 46.5 Å². The zero-order chi connectivity index (χ0) is 19.9. The van der Waals surface area contributed by atoms with Crippen LogP contribution in [0.25, 0.3) is 0 Å². The van der Waals surface area contributed by atoms with Crippen LogP contribution in [0.15, 0.2) is 27.6 Å². The average Bonchev–Trinajstić information content (AvgIpc) is 2.59. The molecule has 26 heavy (non-hydrogen) atoms. The van der Waals surface area contributed by atoms with Crippen LogP contribution in [0.1, 0.15) is 62.6 Å². The second-order valence-electron chi connectivity index (χ2n) is 6.68. The van der Waals surface area contributed by atoms with Crippen molar-refractivity contribution in [3.63, 3.8) is 0 Å². The van der Waals surface area contributed by atoms with Crippen molar-refractivity contribution in [3.05, 3.63) is 40.1 Å². The van der Waals surface area contributed by atoms with E-state index in [1.807, 2.05) is 20.8 Å². The maximum absolute atomic E-state index is 12.4. The summed E-state index contributed by atoms with van der Waals surface area (Å²) in [5, 5.41) is 2.43. The number of allylic oxidation sites excluding steroid dienone is 1. The van der Waals surface area contributed by atoms with Gasteiger partial charge in [0.25, 0.3) is 0 Å². The Bertz CT molecular complexity index is 721. The van der Waals surface area contributed by atoms with E-state index in [0.717, 1.165) is 0 Å². The lowest BCUT2D eigenvalue weighted by atomic mass is 9.89. The SMILES string of the molecule is COC(=O)N/C=C/CCC(C)c1cc(N)c(C(=O)C(C)C(C)C)c(=O)o1. The van der Waals surface area contributed by atoms with Gasteiger partial charge >= 0.3 is 11.7 Å². The zero-order valence-corrected chi connectivity index (χ0v) is 16.0. The lowest BCUT2D eigenvalue weighted by Gasteiger charge is -2.16. The monoisotopic (exact) mass is 364 g/mol. The molecular formula is C19H28N2O5. The van der Waals surface area contributed by atoms with Gasteiger partial charge in [-0.25, -0.2) is 9.59 Å². The first kappa shape index (κ1) is 21.5. The first-order chi connectivity index (χ1) is 12.2. The molecule has 0 bridgehead atoms. The fraction of sp³-hybridized carbons (Fsp3) is 0.526. The highest BCUT2D eigenvalue weighted by Crippen LogP contribution is 2.25. The van der Waals surface area contributed by atoms with Crippen molar-refractivity contribution in [2.24, 2.45) is 11.8 Å². The minimum Gasteiger partial charge on any atom is -0.453 e. The molecule has 0 spiro atoms. The number of hydrogen-bond acceptors (Lipinski definition) is 6. The number of hydrogen-bond donors (Lipinski definition) is 2. The van der Waals surface area contributed by atoms with Gasteiger partial charge in [0, 0.05) is 24.1 Å². The van der Waals surface area contributed by atoms with E-state index in [1.165, 1.54) is 13.3 Å². The summed E-state index contributed by atoms with van der Waals surface area (Å²) in [6.45, 7) is 7.51. The maximum Gasteiger partial charge on any atom is 0.410 e. The molecule has 0 aliphatic carbocycles. The van der Waals surface area contributed by atoms with E-state index in [-0.39, 0.29) is 34.8 Å². The van der Waals surface area contributed by atoms with Crippen molar-refractivity contribution in [2.75, 3.05) is 12.8 Å². The minimum atomic E-state index is -0.688. The Hall–Kier alpha value is -2.57. The molecule has 7 heteroatoms. The van der Waals surface area contributed by atoms with Gasteiger partial charge in [0.2, 0.25) is 0 Å². The predicted molar refractivity (Wildman–Crippen MR) is 100 cm³/mol. The van der Waals surface area contributed by atoms with Gasteiger partial charge in [-0.2, -0.15) is 0 Å². The summed E-state index contributed by atoms with van der Waals surface area (Å²) in [6, 6.07) is 1.56. The van der Waals surface area contributed by atoms with Crippen molar-refractivity contribution in [1.82, 2.24) is 5.32 Å². The van der Waals surface area contributed by atoms with Gasteiger partial charge in [0.05, 0.1) is 12.8 Å². The molecule has 1 aromatic heterocycles. The number of amides is 1. The van der Waals surface area contributed by atoms with E-state index in [9.17, 15) is 14.4 Å². The molecule has 1 amide bonds. The Labute approximate surface area is 153 Å². The van der Waals surface area contributed by atoms with E-state index in [4.69, 9.17) is 10.2 Å². The molecular weight excluding hydrogens is 336 g/mol. The topological polar surface area (TPSA) is 112 Å². The van der Waals surface area contributed by atoms with E-state index in [1.54, 1.807) is 19.1 Å². The molecule has 1 heterocycles. The van der Waals surface area contributed by atoms with E-state index >= 15 is 0 Å². The number of anilines is 1. The van der Waals surface area contributed by atoms with E-state index < -0.39 is 11.7 Å². The van der Waals surface area contributed by atoms with Crippen LogP contribution in [-0.2, 0) is 4.74 Å². The molecule has 0 saturated carbocycles. The van der Waals surface area contributed by atoms with Crippen LogP contribution in [0, 0.1) is 11.8 Å². The Morgan fingerprint density at radius 3 is 2.50 bits per heavy atom. The van der Waals surface area contributed by atoms with Gasteiger partial charge in [0.15, 0.2) is 5.78 Å². The Morgan fingerprint density at radius 2 is 1.96 bits per heavy atom. The van der Waals surface area contributed by atoms with Crippen molar-refractivity contribution in [3.8, 4) is 0 Å². The van der Waals surface area contributed by atoms with Crippen LogP contribution in [0.3, 0.4) is 0 Å². The number of carbonyl (C=O) groups excluding carboxylic acids is 2. The first-order valence-corrected chi connectivity index (χ1v) is 8.66. The molecule has 7 nitrogen and oxygen atoms in total. The fourth-order valence-corrected chi connectivity index (χ4v) is 2.30. The number of nitrogens with one attached hydrogen (secondary N) is 1. The molecule has 1 rings (SSSR count). The van der Waals surface area contributed by atoms with Gasteiger partial charge in [-0.05, 0) is 18.8 Å². The third kappa shape index (κ3) is 5.75. The molecule has 3 N–H and O–H groups in total.